The van der Waals surface area contributed by atoms with Crippen molar-refractivity contribution in [1.82, 2.24) is 5.32 Å². The van der Waals surface area contributed by atoms with E-state index in [4.69, 9.17) is 4.74 Å². The number of nitrogens with one attached hydrogen (secondary N) is 1. The van der Waals surface area contributed by atoms with Crippen LogP contribution in [0.2, 0.25) is 0 Å². The molecule has 7 heteroatoms. The molecule has 144 valence electrons. The molecule has 6 nitrogen and oxygen atoms in total. The zero-order valence-electron chi connectivity index (χ0n) is 15.7. The van der Waals surface area contributed by atoms with E-state index in [-0.39, 0.29) is 28.2 Å². The molecule has 0 aliphatic carbocycles. The molecule has 1 aliphatic rings. The molecule has 0 atom stereocenters. The van der Waals surface area contributed by atoms with Gasteiger partial charge >= 0.3 is 0 Å². The summed E-state index contributed by atoms with van der Waals surface area (Å²) in [4.78, 5) is 12.3. The number of ether oxygens (including phenoxy) is 1. The van der Waals surface area contributed by atoms with E-state index in [9.17, 15) is 13.2 Å². The predicted molar refractivity (Wildman–Crippen MR) is 105 cm³/mol. The minimum atomic E-state index is -3.87. The van der Waals surface area contributed by atoms with Crippen LogP contribution in [0, 0.1) is 0 Å². The van der Waals surface area contributed by atoms with Crippen molar-refractivity contribution < 1.29 is 17.9 Å². The average Bonchev–Trinajstić information content (AvgIpc) is 2.66. The maximum Gasteiger partial charge on any atom is 0.268 e. The number of para-hydroxylation sites is 1. The zero-order valence-corrected chi connectivity index (χ0v) is 16.5. The van der Waals surface area contributed by atoms with Crippen molar-refractivity contribution >= 4 is 21.6 Å². The smallest absolute Gasteiger partial charge is 0.268 e. The molecule has 0 radical (unpaired) electrons. The highest BCUT2D eigenvalue weighted by atomic mass is 32.2. The average molecular weight is 388 g/mol. The molecule has 1 amide bonds. The molecule has 0 saturated carbocycles. The van der Waals surface area contributed by atoms with Gasteiger partial charge in [0.2, 0.25) is 0 Å². The maximum atomic E-state index is 13.4. The van der Waals surface area contributed by atoms with Crippen molar-refractivity contribution in [2.24, 2.45) is 0 Å². The summed E-state index contributed by atoms with van der Waals surface area (Å²) < 4.78 is 33.6. The van der Waals surface area contributed by atoms with Gasteiger partial charge in [-0.05, 0) is 56.5 Å². The second-order valence-corrected chi connectivity index (χ2v) is 8.63. The Balaban J connectivity index is 2.08. The second-order valence-electron chi connectivity index (χ2n) is 6.80. The van der Waals surface area contributed by atoms with Crippen LogP contribution in [0.15, 0.2) is 47.4 Å². The van der Waals surface area contributed by atoms with Crippen LogP contribution in [0.1, 0.15) is 36.2 Å². The topological polar surface area (TPSA) is 75.7 Å². The number of fused-ring (bicyclic) bond motifs is 1. The number of anilines is 1. The molecule has 27 heavy (non-hydrogen) atoms. The lowest BCUT2D eigenvalue weighted by Crippen LogP contribution is -2.36. The van der Waals surface area contributed by atoms with Crippen LogP contribution < -0.4 is 14.4 Å². The summed E-state index contributed by atoms with van der Waals surface area (Å²) in [5.41, 5.74) is 1.97. The van der Waals surface area contributed by atoms with Gasteiger partial charge in [0, 0.05) is 18.2 Å². The standard InChI is InChI=1S/C20H24N2O4S/c1-14(2)21-20(23)16-10-11-18(26-3)19(13-16)27(24,25)22-12-6-8-15-7-4-5-9-17(15)22/h4-5,7,9-11,13-14H,6,8,12H2,1-3H3,(H,21,23). The Morgan fingerprint density at radius 2 is 1.93 bits per heavy atom. The van der Waals surface area contributed by atoms with E-state index in [2.05, 4.69) is 5.32 Å². The fraction of sp³-hybridized carbons (Fsp3) is 0.350. The first kappa shape index (κ1) is 19.2. The Kier molecular flexibility index (Phi) is 5.41. The van der Waals surface area contributed by atoms with Crippen LogP contribution in [0.5, 0.6) is 5.75 Å². The SMILES string of the molecule is COc1ccc(C(=O)NC(C)C)cc1S(=O)(=O)N1CCCc2ccccc21. The van der Waals surface area contributed by atoms with Crippen molar-refractivity contribution in [3.05, 3.63) is 53.6 Å². The van der Waals surface area contributed by atoms with Gasteiger partial charge in [-0.1, -0.05) is 18.2 Å². The van der Waals surface area contributed by atoms with Crippen LogP contribution in [-0.2, 0) is 16.4 Å². The first-order chi connectivity index (χ1) is 12.8. The van der Waals surface area contributed by atoms with Gasteiger partial charge in [-0.2, -0.15) is 0 Å². The van der Waals surface area contributed by atoms with Crippen LogP contribution in [0.25, 0.3) is 0 Å². The number of carbonyl (C=O) groups is 1. The number of methoxy groups -OCH3 is 1. The molecule has 0 fully saturated rings. The van der Waals surface area contributed by atoms with Crippen LogP contribution >= 0.6 is 0 Å². The van der Waals surface area contributed by atoms with Gasteiger partial charge < -0.3 is 10.1 Å². The van der Waals surface area contributed by atoms with E-state index < -0.39 is 10.0 Å². The maximum absolute atomic E-state index is 13.4. The number of carbonyl (C=O) groups excluding carboxylic acids is 1. The molecule has 1 N–H and O–H groups in total. The number of rotatable bonds is 5. The van der Waals surface area contributed by atoms with E-state index in [0.717, 1.165) is 18.4 Å². The number of hydrogen-bond donors (Lipinski definition) is 1. The molecule has 2 aromatic rings. The molecule has 0 spiro atoms. The second kappa shape index (κ2) is 7.60. The summed E-state index contributed by atoms with van der Waals surface area (Å²) in [6, 6.07) is 11.9. The number of sulfonamides is 1. The Morgan fingerprint density at radius 1 is 1.19 bits per heavy atom. The molecule has 2 aromatic carbocycles. The third-order valence-corrected chi connectivity index (χ3v) is 6.32. The van der Waals surface area contributed by atoms with Crippen LogP contribution in [0.3, 0.4) is 0 Å². The van der Waals surface area contributed by atoms with E-state index in [1.54, 1.807) is 6.07 Å². The Hall–Kier alpha value is -2.54. The summed E-state index contributed by atoms with van der Waals surface area (Å²) in [5, 5.41) is 2.78. The predicted octanol–water partition coefficient (Wildman–Crippen LogP) is 2.97. The number of benzene rings is 2. The molecule has 0 aromatic heterocycles. The minimum absolute atomic E-state index is 0.00175. The Morgan fingerprint density at radius 3 is 2.63 bits per heavy atom. The van der Waals surface area contributed by atoms with Crippen LogP contribution in [0.4, 0.5) is 5.69 Å². The highest BCUT2D eigenvalue weighted by Gasteiger charge is 2.32. The normalized spacial score (nSPS) is 14.0. The lowest BCUT2D eigenvalue weighted by Gasteiger charge is -2.31. The molecule has 0 unspecified atom stereocenters. The molecular formula is C20H24N2O4S. The molecule has 0 saturated heterocycles. The van der Waals surface area contributed by atoms with Gasteiger partial charge in [-0.15, -0.1) is 0 Å². The molecule has 1 heterocycles. The van der Waals surface area contributed by atoms with Gasteiger partial charge in [0.1, 0.15) is 10.6 Å². The summed E-state index contributed by atoms with van der Waals surface area (Å²) in [6.07, 6.45) is 1.59. The quantitative estimate of drug-likeness (QED) is 0.854. The molecule has 1 aliphatic heterocycles. The highest BCUT2D eigenvalue weighted by Crippen LogP contribution is 2.35. The van der Waals surface area contributed by atoms with Gasteiger partial charge in [0.25, 0.3) is 15.9 Å². The van der Waals surface area contributed by atoms with Crippen molar-refractivity contribution in [2.45, 2.75) is 37.6 Å². The highest BCUT2D eigenvalue weighted by molar-refractivity contribution is 7.93. The zero-order chi connectivity index (χ0) is 19.6. The fourth-order valence-electron chi connectivity index (χ4n) is 3.23. The lowest BCUT2D eigenvalue weighted by atomic mass is 10.0. The summed E-state index contributed by atoms with van der Waals surface area (Å²) >= 11 is 0. The lowest BCUT2D eigenvalue weighted by molar-refractivity contribution is 0.0943. The van der Waals surface area contributed by atoms with E-state index in [1.807, 2.05) is 38.1 Å². The van der Waals surface area contributed by atoms with Gasteiger partial charge in [-0.25, -0.2) is 8.42 Å². The van der Waals surface area contributed by atoms with Gasteiger partial charge in [0.15, 0.2) is 0 Å². The molecular weight excluding hydrogens is 364 g/mol. The number of nitrogens with zero attached hydrogens (tertiary/aromatic N) is 1. The number of aryl methyl sites for hydroxylation is 1. The van der Waals surface area contributed by atoms with E-state index >= 15 is 0 Å². The largest absolute Gasteiger partial charge is 0.495 e. The van der Waals surface area contributed by atoms with E-state index in [0.29, 0.717) is 12.2 Å². The van der Waals surface area contributed by atoms with Crippen molar-refractivity contribution in [3.8, 4) is 5.75 Å². The monoisotopic (exact) mass is 388 g/mol. The van der Waals surface area contributed by atoms with Gasteiger partial charge in [0.05, 0.1) is 12.8 Å². The van der Waals surface area contributed by atoms with Crippen molar-refractivity contribution in [2.75, 3.05) is 18.0 Å². The third-order valence-electron chi connectivity index (χ3n) is 4.48. The number of hydrogen-bond acceptors (Lipinski definition) is 4. The first-order valence-corrected chi connectivity index (χ1v) is 10.4. The minimum Gasteiger partial charge on any atom is -0.495 e. The van der Waals surface area contributed by atoms with Gasteiger partial charge in [-0.3, -0.25) is 9.10 Å². The Bertz CT molecular complexity index is 954. The summed E-state index contributed by atoms with van der Waals surface area (Å²) in [5.74, 6) is -0.0951. The third kappa shape index (κ3) is 3.78. The fourth-order valence-corrected chi connectivity index (χ4v) is 4.96. The van der Waals surface area contributed by atoms with Crippen molar-refractivity contribution in [1.29, 1.82) is 0 Å². The van der Waals surface area contributed by atoms with Crippen molar-refractivity contribution in [3.63, 3.8) is 0 Å². The summed E-state index contributed by atoms with van der Waals surface area (Å²) in [6.45, 7) is 4.10. The molecule has 3 rings (SSSR count). The molecule has 0 bridgehead atoms. The summed E-state index contributed by atoms with van der Waals surface area (Å²) in [7, 11) is -2.45. The Labute approximate surface area is 160 Å². The van der Waals surface area contributed by atoms with Crippen LogP contribution in [-0.4, -0.2) is 34.0 Å². The van der Waals surface area contributed by atoms with E-state index in [1.165, 1.54) is 23.5 Å². The number of amides is 1. The first-order valence-electron chi connectivity index (χ1n) is 8.94.